The maximum absolute atomic E-state index is 10.2. The lowest BCUT2D eigenvalue weighted by atomic mass is 9.84. The fourth-order valence-corrected chi connectivity index (χ4v) is 2.80. The number of hydrogen-bond donors (Lipinski definition) is 2. The average molecular weight is 274 g/mol. The summed E-state index contributed by atoms with van der Waals surface area (Å²) in [6.07, 6.45) is 4.01. The maximum atomic E-state index is 10.2. The van der Waals surface area contributed by atoms with E-state index in [1.165, 1.54) is 0 Å². The molecule has 1 saturated heterocycles. The fraction of sp³-hybridized carbons (Fsp3) is 0.750. The van der Waals surface area contributed by atoms with Gasteiger partial charge in [-0.2, -0.15) is 5.10 Å². The number of piperidine rings is 1. The summed E-state index contributed by atoms with van der Waals surface area (Å²) in [5.74, 6) is 0.771. The van der Waals surface area contributed by atoms with Gasteiger partial charge in [0, 0.05) is 13.0 Å². The maximum Gasteiger partial charge on any atom is 0.163 e. The second-order valence-electron chi connectivity index (χ2n) is 4.99. The zero-order valence-electron chi connectivity index (χ0n) is 10.6. The zero-order chi connectivity index (χ0) is 11.9. The molecule has 102 valence electrons. The Bertz CT molecular complexity index is 415. The summed E-state index contributed by atoms with van der Waals surface area (Å²) in [5, 5.41) is 17.9. The molecular formula is C12H20ClN3O2. The number of aryl methyl sites for hydroxylation is 1. The number of hydrogen-bond acceptors (Lipinski definition) is 4. The minimum absolute atomic E-state index is 0. The van der Waals surface area contributed by atoms with Gasteiger partial charge in [0.2, 0.25) is 0 Å². The number of rotatable bonds is 1. The lowest BCUT2D eigenvalue weighted by Crippen LogP contribution is -2.49. The van der Waals surface area contributed by atoms with Gasteiger partial charge < -0.3 is 15.2 Å². The van der Waals surface area contributed by atoms with Crippen LogP contribution in [0, 0.1) is 0 Å². The van der Waals surface area contributed by atoms with Crippen LogP contribution in [-0.2, 0) is 6.54 Å². The Morgan fingerprint density at radius 1 is 1.56 bits per heavy atom. The number of halogens is 1. The van der Waals surface area contributed by atoms with Crippen LogP contribution in [0.1, 0.15) is 38.0 Å². The molecule has 0 bridgehead atoms. The predicted molar refractivity (Wildman–Crippen MR) is 70.2 cm³/mol. The molecule has 1 unspecified atom stereocenters. The first-order chi connectivity index (χ1) is 8.22. The molecule has 0 aromatic carbocycles. The Hall–Kier alpha value is -0.780. The summed E-state index contributed by atoms with van der Waals surface area (Å²) in [6.45, 7) is 4.76. The van der Waals surface area contributed by atoms with Crippen molar-refractivity contribution in [1.82, 2.24) is 15.1 Å². The summed E-state index contributed by atoms with van der Waals surface area (Å²) in [7, 11) is 0. The number of aromatic nitrogens is 2. The molecule has 0 aliphatic carbocycles. The number of ether oxygens (including phenoxy) is 1. The van der Waals surface area contributed by atoms with Crippen molar-refractivity contribution in [3.8, 4) is 5.75 Å². The van der Waals surface area contributed by atoms with Crippen LogP contribution < -0.4 is 10.1 Å². The van der Waals surface area contributed by atoms with Crippen LogP contribution >= 0.6 is 12.4 Å². The van der Waals surface area contributed by atoms with E-state index in [0.717, 1.165) is 38.2 Å². The minimum Gasteiger partial charge on any atom is -0.483 e. The lowest BCUT2D eigenvalue weighted by molar-refractivity contribution is -0.0347. The van der Waals surface area contributed by atoms with Crippen molar-refractivity contribution >= 4 is 12.4 Å². The van der Waals surface area contributed by atoms with E-state index < -0.39 is 6.10 Å². The normalized spacial score (nSPS) is 25.1. The Morgan fingerprint density at radius 2 is 2.28 bits per heavy atom. The number of aliphatic hydroxyl groups is 1. The second kappa shape index (κ2) is 5.07. The van der Waals surface area contributed by atoms with Crippen LogP contribution in [0.3, 0.4) is 0 Å². The highest BCUT2D eigenvalue weighted by atomic mass is 35.5. The van der Waals surface area contributed by atoms with Gasteiger partial charge in [0.25, 0.3) is 0 Å². The van der Waals surface area contributed by atoms with Crippen molar-refractivity contribution in [2.75, 3.05) is 13.1 Å². The van der Waals surface area contributed by atoms with Gasteiger partial charge >= 0.3 is 0 Å². The topological polar surface area (TPSA) is 59.3 Å². The predicted octanol–water partition coefficient (Wildman–Crippen LogP) is 1.26. The van der Waals surface area contributed by atoms with Crippen LogP contribution in [0.5, 0.6) is 5.75 Å². The van der Waals surface area contributed by atoms with E-state index in [1.54, 1.807) is 0 Å². The lowest BCUT2D eigenvalue weighted by Gasteiger charge is -2.41. The molecule has 0 amide bonds. The molecular weight excluding hydrogens is 254 g/mol. The Morgan fingerprint density at radius 3 is 2.94 bits per heavy atom. The number of fused-ring (bicyclic) bond motifs is 1. The molecule has 1 aromatic rings. The molecule has 1 aromatic heterocycles. The molecule has 1 fully saturated rings. The largest absolute Gasteiger partial charge is 0.483 e. The molecule has 1 spiro atoms. The highest BCUT2D eigenvalue weighted by Gasteiger charge is 2.42. The Balaban J connectivity index is 0.00000120. The zero-order valence-corrected chi connectivity index (χ0v) is 11.4. The van der Waals surface area contributed by atoms with Crippen LogP contribution in [0.4, 0.5) is 0 Å². The highest BCUT2D eigenvalue weighted by molar-refractivity contribution is 5.85. The molecule has 2 aliphatic rings. The molecule has 0 radical (unpaired) electrons. The van der Waals surface area contributed by atoms with Crippen molar-refractivity contribution < 1.29 is 9.84 Å². The molecule has 3 heterocycles. The van der Waals surface area contributed by atoms with Crippen LogP contribution in [0.15, 0.2) is 6.20 Å². The molecule has 1 atom stereocenters. The molecule has 2 N–H and O–H groups in total. The fourth-order valence-electron chi connectivity index (χ4n) is 2.80. The van der Waals surface area contributed by atoms with E-state index in [2.05, 4.69) is 10.4 Å². The van der Waals surface area contributed by atoms with Gasteiger partial charge in [0.05, 0.1) is 6.20 Å². The van der Waals surface area contributed by atoms with E-state index in [9.17, 15) is 5.11 Å². The Labute approximate surface area is 113 Å². The van der Waals surface area contributed by atoms with Crippen molar-refractivity contribution in [2.24, 2.45) is 0 Å². The van der Waals surface area contributed by atoms with Gasteiger partial charge in [-0.25, -0.2) is 0 Å². The van der Waals surface area contributed by atoms with Gasteiger partial charge in [-0.1, -0.05) is 0 Å². The Kier molecular flexibility index (Phi) is 3.84. The van der Waals surface area contributed by atoms with Gasteiger partial charge in [0.15, 0.2) is 5.75 Å². The van der Waals surface area contributed by atoms with Crippen LogP contribution in [0.2, 0.25) is 0 Å². The summed E-state index contributed by atoms with van der Waals surface area (Å²) in [4.78, 5) is 0. The quantitative estimate of drug-likeness (QED) is 0.809. The smallest absolute Gasteiger partial charge is 0.163 e. The van der Waals surface area contributed by atoms with Gasteiger partial charge in [-0.3, -0.25) is 4.68 Å². The van der Waals surface area contributed by atoms with E-state index in [0.29, 0.717) is 12.1 Å². The number of aliphatic hydroxyl groups excluding tert-OH is 1. The first-order valence-corrected chi connectivity index (χ1v) is 6.37. The van der Waals surface area contributed by atoms with Crippen molar-refractivity contribution in [2.45, 2.75) is 44.4 Å². The minimum atomic E-state index is -0.482. The number of nitrogens with one attached hydrogen (secondary N) is 1. The van der Waals surface area contributed by atoms with Crippen molar-refractivity contribution in [3.63, 3.8) is 0 Å². The van der Waals surface area contributed by atoms with Crippen molar-refractivity contribution in [3.05, 3.63) is 11.9 Å². The summed E-state index contributed by atoms with van der Waals surface area (Å²) in [5.41, 5.74) is 0.523. The summed E-state index contributed by atoms with van der Waals surface area (Å²) < 4.78 is 7.96. The van der Waals surface area contributed by atoms with Gasteiger partial charge in [-0.05, 0) is 32.9 Å². The molecule has 6 heteroatoms. The third kappa shape index (κ3) is 2.22. The van der Waals surface area contributed by atoms with Gasteiger partial charge in [0.1, 0.15) is 17.4 Å². The SMILES string of the molecule is CCn1cc2c(n1)C(O)CC1(CCNCC1)O2.Cl. The molecule has 5 nitrogen and oxygen atoms in total. The van der Waals surface area contributed by atoms with Crippen LogP contribution in [-0.4, -0.2) is 33.6 Å². The average Bonchev–Trinajstić information content (AvgIpc) is 2.73. The summed E-state index contributed by atoms with van der Waals surface area (Å²) in [6, 6.07) is 0. The monoisotopic (exact) mass is 273 g/mol. The highest BCUT2D eigenvalue weighted by Crippen LogP contribution is 2.42. The van der Waals surface area contributed by atoms with E-state index >= 15 is 0 Å². The van der Waals surface area contributed by atoms with Crippen LogP contribution in [0.25, 0.3) is 0 Å². The second-order valence-corrected chi connectivity index (χ2v) is 4.99. The molecule has 2 aliphatic heterocycles. The van der Waals surface area contributed by atoms with Gasteiger partial charge in [-0.15, -0.1) is 12.4 Å². The molecule has 0 saturated carbocycles. The van der Waals surface area contributed by atoms with E-state index in [1.807, 2.05) is 17.8 Å². The first-order valence-electron chi connectivity index (χ1n) is 6.37. The standard InChI is InChI=1S/C12H19N3O2.ClH/c1-2-15-8-10-11(14-15)9(16)7-12(17-10)3-5-13-6-4-12;/h8-9,13,16H,2-7H2,1H3;1H. The molecule has 18 heavy (non-hydrogen) atoms. The van der Waals surface area contributed by atoms with E-state index in [-0.39, 0.29) is 18.0 Å². The summed E-state index contributed by atoms with van der Waals surface area (Å²) >= 11 is 0. The van der Waals surface area contributed by atoms with E-state index in [4.69, 9.17) is 4.74 Å². The third-order valence-electron chi connectivity index (χ3n) is 3.80. The number of nitrogens with zero attached hydrogens (tertiary/aromatic N) is 2. The third-order valence-corrected chi connectivity index (χ3v) is 3.80. The first kappa shape index (κ1) is 13.6. The molecule has 3 rings (SSSR count). The van der Waals surface area contributed by atoms with Crippen molar-refractivity contribution in [1.29, 1.82) is 0 Å².